The van der Waals surface area contributed by atoms with E-state index in [2.05, 4.69) is 5.32 Å². The van der Waals surface area contributed by atoms with E-state index >= 15 is 0 Å². The zero-order chi connectivity index (χ0) is 12.2. The maximum Gasteiger partial charge on any atom is 0.216 e. The number of nitrogens with zero attached hydrogens (tertiary/aromatic N) is 1. The van der Waals surface area contributed by atoms with Crippen molar-refractivity contribution in [2.24, 2.45) is 5.92 Å². The molecule has 16 heavy (non-hydrogen) atoms. The largest absolute Gasteiger partial charge is 0.381 e. The molecule has 0 bridgehead atoms. The van der Waals surface area contributed by atoms with Crippen molar-refractivity contribution in [1.82, 2.24) is 9.62 Å². The van der Waals surface area contributed by atoms with Crippen molar-refractivity contribution < 1.29 is 13.2 Å². The normalized spacial score (nSPS) is 24.8. The molecule has 6 heteroatoms. The highest BCUT2D eigenvalue weighted by atomic mass is 32.2. The predicted molar refractivity (Wildman–Crippen MR) is 63.9 cm³/mol. The average Bonchev–Trinajstić information content (AvgIpc) is 2.67. The number of ether oxygens (including phenoxy) is 1. The second kappa shape index (κ2) is 5.95. The summed E-state index contributed by atoms with van der Waals surface area (Å²) in [6.07, 6.45) is 0.704. The van der Waals surface area contributed by atoms with E-state index in [9.17, 15) is 8.42 Å². The molecular weight excluding hydrogens is 228 g/mol. The summed E-state index contributed by atoms with van der Waals surface area (Å²) in [6, 6.07) is 0. The highest BCUT2D eigenvalue weighted by Crippen LogP contribution is 2.19. The molecule has 96 valence electrons. The lowest BCUT2D eigenvalue weighted by atomic mass is 10.1. The van der Waals surface area contributed by atoms with Gasteiger partial charge in [-0.3, -0.25) is 0 Å². The van der Waals surface area contributed by atoms with E-state index in [0.29, 0.717) is 19.0 Å². The highest BCUT2D eigenvalue weighted by molar-refractivity contribution is 7.89. The fraction of sp³-hybridized carbons (Fsp3) is 1.00. The van der Waals surface area contributed by atoms with Crippen LogP contribution in [-0.2, 0) is 14.8 Å². The Morgan fingerprint density at radius 3 is 2.81 bits per heavy atom. The Balaban J connectivity index is 2.52. The van der Waals surface area contributed by atoms with Gasteiger partial charge >= 0.3 is 0 Å². The summed E-state index contributed by atoms with van der Waals surface area (Å²) in [6.45, 7) is 3.94. The van der Waals surface area contributed by atoms with Gasteiger partial charge in [0.15, 0.2) is 0 Å². The molecule has 0 aromatic carbocycles. The van der Waals surface area contributed by atoms with Crippen molar-refractivity contribution in [2.45, 2.75) is 19.4 Å². The number of methoxy groups -OCH3 is 1. The zero-order valence-electron chi connectivity index (χ0n) is 10.3. The van der Waals surface area contributed by atoms with Crippen LogP contribution in [0.15, 0.2) is 0 Å². The molecule has 0 amide bonds. The summed E-state index contributed by atoms with van der Waals surface area (Å²) >= 11 is 0. The summed E-state index contributed by atoms with van der Waals surface area (Å²) in [5.74, 6) is 0.521. The Kier molecular flexibility index (Phi) is 5.17. The van der Waals surface area contributed by atoms with Gasteiger partial charge in [-0.2, -0.15) is 0 Å². The van der Waals surface area contributed by atoms with Crippen molar-refractivity contribution in [3.8, 4) is 0 Å². The Bertz CT molecular complexity index is 305. The van der Waals surface area contributed by atoms with Crippen LogP contribution in [0.4, 0.5) is 0 Å². The van der Waals surface area contributed by atoms with Gasteiger partial charge < -0.3 is 10.1 Å². The molecule has 1 rings (SSSR count). The lowest BCUT2D eigenvalue weighted by Gasteiger charge is -2.18. The molecule has 1 heterocycles. The van der Waals surface area contributed by atoms with Gasteiger partial charge in [-0.25, -0.2) is 12.7 Å². The summed E-state index contributed by atoms with van der Waals surface area (Å²) in [5.41, 5.74) is 0. The lowest BCUT2D eigenvalue weighted by molar-refractivity contribution is 0.135. The first kappa shape index (κ1) is 13.9. The van der Waals surface area contributed by atoms with Crippen LogP contribution in [-0.4, -0.2) is 58.4 Å². The van der Waals surface area contributed by atoms with Crippen LogP contribution in [0.25, 0.3) is 0 Å². The van der Waals surface area contributed by atoms with E-state index < -0.39 is 10.0 Å². The minimum Gasteiger partial charge on any atom is -0.381 e. The molecule has 1 saturated heterocycles. The second-order valence-corrected chi connectivity index (χ2v) is 6.41. The third-order valence-electron chi connectivity index (χ3n) is 2.98. The second-order valence-electron chi connectivity index (χ2n) is 4.40. The first-order valence-electron chi connectivity index (χ1n) is 5.64. The molecular formula is C10H22N2O3S. The number of nitrogens with one attached hydrogen (secondary N) is 1. The molecule has 1 fully saturated rings. The Morgan fingerprint density at radius 1 is 1.56 bits per heavy atom. The molecule has 0 spiro atoms. The monoisotopic (exact) mass is 250 g/mol. The van der Waals surface area contributed by atoms with Crippen LogP contribution >= 0.6 is 0 Å². The van der Waals surface area contributed by atoms with E-state index in [4.69, 9.17) is 4.74 Å². The molecule has 2 unspecified atom stereocenters. The minimum atomic E-state index is -3.14. The summed E-state index contributed by atoms with van der Waals surface area (Å²) in [5, 5.41) is 3.09. The van der Waals surface area contributed by atoms with Gasteiger partial charge in [-0.05, 0) is 32.9 Å². The number of sulfonamides is 1. The van der Waals surface area contributed by atoms with Gasteiger partial charge in [0.2, 0.25) is 10.0 Å². The van der Waals surface area contributed by atoms with Crippen LogP contribution in [0.5, 0.6) is 0 Å². The van der Waals surface area contributed by atoms with Gasteiger partial charge in [0.1, 0.15) is 0 Å². The topological polar surface area (TPSA) is 58.6 Å². The smallest absolute Gasteiger partial charge is 0.216 e. The molecule has 0 aliphatic carbocycles. The Morgan fingerprint density at radius 2 is 2.25 bits per heavy atom. The van der Waals surface area contributed by atoms with E-state index in [1.807, 2.05) is 7.05 Å². The minimum absolute atomic E-state index is 0.0791. The van der Waals surface area contributed by atoms with Gasteiger partial charge in [-0.15, -0.1) is 0 Å². The van der Waals surface area contributed by atoms with Crippen molar-refractivity contribution in [2.75, 3.05) is 39.5 Å². The third-order valence-corrected chi connectivity index (χ3v) is 4.99. The molecule has 0 aromatic heterocycles. The first-order valence-corrected chi connectivity index (χ1v) is 7.25. The van der Waals surface area contributed by atoms with Crippen LogP contribution in [0, 0.1) is 5.92 Å². The Hall–Kier alpha value is -0.170. The van der Waals surface area contributed by atoms with E-state index in [1.54, 1.807) is 11.2 Å². The molecule has 1 aliphatic rings. The summed E-state index contributed by atoms with van der Waals surface area (Å²) in [7, 11) is 0.287. The van der Waals surface area contributed by atoms with Gasteiger partial charge in [0.05, 0.1) is 11.9 Å². The number of hydrogen-bond donors (Lipinski definition) is 1. The van der Waals surface area contributed by atoms with E-state index in [0.717, 1.165) is 13.0 Å². The fourth-order valence-electron chi connectivity index (χ4n) is 1.98. The molecule has 0 aromatic rings. The molecule has 0 radical (unpaired) electrons. The van der Waals surface area contributed by atoms with Crippen LogP contribution in [0.3, 0.4) is 0 Å². The van der Waals surface area contributed by atoms with Gasteiger partial charge in [0, 0.05) is 20.2 Å². The quantitative estimate of drug-likeness (QED) is 0.715. The number of rotatable bonds is 6. The van der Waals surface area contributed by atoms with Crippen molar-refractivity contribution in [3.63, 3.8) is 0 Å². The molecule has 5 nitrogen and oxygen atoms in total. The SMILES string of the molecule is CNCC1CCN(S(=O)(=O)CC(C)OC)C1. The van der Waals surface area contributed by atoms with Gasteiger partial charge in [0.25, 0.3) is 0 Å². The van der Waals surface area contributed by atoms with Crippen molar-refractivity contribution >= 4 is 10.0 Å². The van der Waals surface area contributed by atoms with Crippen LogP contribution in [0.1, 0.15) is 13.3 Å². The third kappa shape index (κ3) is 3.69. The van der Waals surface area contributed by atoms with E-state index in [-0.39, 0.29) is 11.9 Å². The molecule has 1 N–H and O–H groups in total. The van der Waals surface area contributed by atoms with Crippen LogP contribution < -0.4 is 5.32 Å². The molecule has 0 saturated carbocycles. The summed E-state index contributed by atoms with van der Waals surface area (Å²) in [4.78, 5) is 0. The summed E-state index contributed by atoms with van der Waals surface area (Å²) < 4.78 is 30.5. The lowest BCUT2D eigenvalue weighted by Crippen LogP contribution is -2.35. The maximum atomic E-state index is 12.0. The number of hydrogen-bond acceptors (Lipinski definition) is 4. The zero-order valence-corrected chi connectivity index (χ0v) is 11.1. The van der Waals surface area contributed by atoms with Crippen molar-refractivity contribution in [3.05, 3.63) is 0 Å². The standard InChI is InChI=1S/C10H22N2O3S/c1-9(15-3)8-16(13,14)12-5-4-10(7-12)6-11-2/h9-11H,4-8H2,1-3H3. The predicted octanol–water partition coefficient (Wildman–Crippen LogP) is -0.108. The Labute approximate surface area is 98.2 Å². The highest BCUT2D eigenvalue weighted by Gasteiger charge is 2.31. The van der Waals surface area contributed by atoms with Crippen LogP contribution in [0.2, 0.25) is 0 Å². The first-order chi connectivity index (χ1) is 7.49. The van der Waals surface area contributed by atoms with E-state index in [1.165, 1.54) is 7.11 Å². The molecule has 1 aliphatic heterocycles. The van der Waals surface area contributed by atoms with Gasteiger partial charge in [-0.1, -0.05) is 0 Å². The fourth-order valence-corrected chi connectivity index (χ4v) is 3.74. The average molecular weight is 250 g/mol. The van der Waals surface area contributed by atoms with Crippen molar-refractivity contribution in [1.29, 1.82) is 0 Å². The maximum absolute atomic E-state index is 12.0. The molecule has 2 atom stereocenters.